The van der Waals surface area contributed by atoms with Crippen LogP contribution in [0.4, 0.5) is 5.69 Å². The van der Waals surface area contributed by atoms with Crippen LogP contribution >= 0.6 is 0 Å². The fourth-order valence-electron chi connectivity index (χ4n) is 3.71. The molecule has 2 amide bonds. The number of hydrogen-bond donors (Lipinski definition) is 0. The zero-order valence-corrected chi connectivity index (χ0v) is 21.8. The minimum absolute atomic E-state index is 0.354. The van der Waals surface area contributed by atoms with Gasteiger partial charge in [0.15, 0.2) is 24.5 Å². The number of ether oxygens (including phenoxy) is 5. The molecule has 1 aromatic rings. The van der Waals surface area contributed by atoms with Crippen LogP contribution < -0.4 is 4.90 Å². The predicted octanol–water partition coefficient (Wildman–Crippen LogP) is 0.123. The molecule has 14 nitrogen and oxygen atoms in total. The molecule has 1 fully saturated rings. The van der Waals surface area contributed by atoms with E-state index in [9.17, 15) is 28.8 Å². The van der Waals surface area contributed by atoms with Crippen molar-refractivity contribution in [1.29, 1.82) is 0 Å². The SMILES string of the molecule is CO[C@@H]1O[C@H](COC(C)=O)[C@@H](OC(C)=O)[C@H](OC(C)=O)[C@H]1N(OC(C)=O)C(=O)C(=O)N(C)c1ccccc1. The second kappa shape index (κ2) is 13.5. The van der Waals surface area contributed by atoms with Crippen LogP contribution in [0.15, 0.2) is 30.3 Å². The number of methoxy groups -OCH3 is 1. The molecule has 1 aliphatic rings. The summed E-state index contributed by atoms with van der Waals surface area (Å²) in [7, 11) is 2.50. The number of amides is 2. The van der Waals surface area contributed by atoms with E-state index >= 15 is 0 Å². The van der Waals surface area contributed by atoms with Crippen molar-refractivity contribution < 1.29 is 57.3 Å². The number of hydroxylamine groups is 2. The van der Waals surface area contributed by atoms with Gasteiger partial charge in [0.25, 0.3) is 0 Å². The van der Waals surface area contributed by atoms with E-state index in [0.29, 0.717) is 10.8 Å². The van der Waals surface area contributed by atoms with Crippen LogP contribution in [0.2, 0.25) is 0 Å². The topological polar surface area (TPSA) is 164 Å². The van der Waals surface area contributed by atoms with Crippen LogP contribution in [0.5, 0.6) is 0 Å². The van der Waals surface area contributed by atoms with E-state index in [1.54, 1.807) is 30.3 Å². The van der Waals surface area contributed by atoms with Crippen molar-refractivity contribution in [3.63, 3.8) is 0 Å². The summed E-state index contributed by atoms with van der Waals surface area (Å²) in [5, 5.41) is 0.366. The normalized spacial score (nSPS) is 22.4. The fourth-order valence-corrected chi connectivity index (χ4v) is 3.71. The standard InChI is InChI=1S/C24H30N2O12/c1-13(27)34-12-18-20(35-14(2)28)21(36-15(3)29)19(24(33-6)37-18)26(38-16(4)30)23(32)22(31)25(5)17-10-8-7-9-11-17/h7-11,18-21,24H,12H2,1-6H3/t18-,19-,20-,21-,24-/m1/s1. The van der Waals surface area contributed by atoms with Crippen LogP contribution in [0, 0.1) is 0 Å². The molecule has 208 valence electrons. The summed E-state index contributed by atoms with van der Waals surface area (Å²) in [5.74, 6) is -5.86. The first kappa shape index (κ1) is 30.2. The smallest absolute Gasteiger partial charge is 0.345 e. The molecule has 1 saturated heterocycles. The number of anilines is 1. The van der Waals surface area contributed by atoms with Gasteiger partial charge in [-0.15, -0.1) is 0 Å². The van der Waals surface area contributed by atoms with E-state index in [2.05, 4.69) is 0 Å². The van der Waals surface area contributed by atoms with E-state index < -0.39 is 72.9 Å². The summed E-state index contributed by atoms with van der Waals surface area (Å²) in [4.78, 5) is 80.2. The molecule has 0 spiro atoms. The number of benzene rings is 1. The monoisotopic (exact) mass is 538 g/mol. The van der Waals surface area contributed by atoms with Gasteiger partial charge in [-0.2, -0.15) is 5.06 Å². The summed E-state index contributed by atoms with van der Waals surface area (Å²) in [6.45, 7) is 3.78. The number of nitrogens with zero attached hydrogens (tertiary/aromatic N) is 2. The number of esters is 3. The summed E-state index contributed by atoms with van der Waals surface area (Å²) in [5.41, 5.74) is 0.354. The Kier molecular flexibility index (Phi) is 10.7. The molecule has 0 aliphatic carbocycles. The van der Waals surface area contributed by atoms with E-state index in [-0.39, 0.29) is 0 Å². The molecule has 1 aliphatic heterocycles. The molecule has 5 atom stereocenters. The molecule has 1 aromatic carbocycles. The first-order valence-corrected chi connectivity index (χ1v) is 11.4. The highest BCUT2D eigenvalue weighted by Crippen LogP contribution is 2.31. The maximum Gasteiger partial charge on any atom is 0.345 e. The first-order valence-electron chi connectivity index (χ1n) is 11.4. The maximum absolute atomic E-state index is 13.4. The summed E-state index contributed by atoms with van der Waals surface area (Å²) in [6.07, 6.45) is -5.80. The molecule has 0 aromatic heterocycles. The Bertz CT molecular complexity index is 1050. The van der Waals surface area contributed by atoms with Crippen molar-refractivity contribution in [2.24, 2.45) is 0 Å². The van der Waals surface area contributed by atoms with Gasteiger partial charge in [-0.3, -0.25) is 28.8 Å². The summed E-state index contributed by atoms with van der Waals surface area (Å²) < 4.78 is 26.8. The average molecular weight is 539 g/mol. The summed E-state index contributed by atoms with van der Waals surface area (Å²) >= 11 is 0. The zero-order chi connectivity index (χ0) is 28.6. The van der Waals surface area contributed by atoms with E-state index in [1.807, 2.05) is 0 Å². The van der Waals surface area contributed by atoms with E-state index in [0.717, 1.165) is 32.6 Å². The third kappa shape index (κ3) is 7.73. The summed E-state index contributed by atoms with van der Waals surface area (Å²) in [6, 6.07) is 6.51. The van der Waals surface area contributed by atoms with Gasteiger partial charge in [0.05, 0.1) is 0 Å². The molecule has 0 unspecified atom stereocenters. The Hall–Kier alpha value is -4.04. The second-order valence-electron chi connectivity index (χ2n) is 8.13. The lowest BCUT2D eigenvalue weighted by molar-refractivity contribution is -0.314. The van der Waals surface area contributed by atoms with Gasteiger partial charge in [0, 0.05) is 47.5 Å². The lowest BCUT2D eigenvalue weighted by Crippen LogP contribution is -2.68. The highest BCUT2D eigenvalue weighted by atomic mass is 16.7. The van der Waals surface area contributed by atoms with Crippen LogP contribution in [-0.4, -0.2) is 92.2 Å². The number of likely N-dealkylation sites (N-methyl/N-ethyl adjacent to an activating group) is 1. The van der Waals surface area contributed by atoms with Gasteiger partial charge in [-0.1, -0.05) is 18.2 Å². The van der Waals surface area contributed by atoms with Gasteiger partial charge < -0.3 is 33.4 Å². The first-order chi connectivity index (χ1) is 17.9. The minimum Gasteiger partial charge on any atom is -0.463 e. The largest absolute Gasteiger partial charge is 0.463 e. The fraction of sp³-hybridized carbons (Fsp3) is 0.500. The van der Waals surface area contributed by atoms with Crippen molar-refractivity contribution in [2.45, 2.75) is 58.3 Å². The Balaban J connectivity index is 2.57. The molecule has 38 heavy (non-hydrogen) atoms. The molecule has 2 rings (SSSR count). The molecule has 0 radical (unpaired) electrons. The zero-order valence-electron chi connectivity index (χ0n) is 21.8. The van der Waals surface area contributed by atoms with Crippen molar-refractivity contribution >= 4 is 41.4 Å². The average Bonchev–Trinajstić information content (AvgIpc) is 2.85. The van der Waals surface area contributed by atoms with Crippen molar-refractivity contribution in [3.05, 3.63) is 30.3 Å². The quantitative estimate of drug-likeness (QED) is 0.200. The van der Waals surface area contributed by atoms with Gasteiger partial charge in [0.2, 0.25) is 0 Å². The number of para-hydroxylation sites is 1. The highest BCUT2D eigenvalue weighted by molar-refractivity contribution is 6.40. The van der Waals surface area contributed by atoms with Crippen molar-refractivity contribution in [2.75, 3.05) is 25.7 Å². The number of rotatable bonds is 7. The van der Waals surface area contributed by atoms with Crippen LogP contribution in [-0.2, 0) is 57.3 Å². The molecule has 1 heterocycles. The molecule has 14 heteroatoms. The second-order valence-corrected chi connectivity index (χ2v) is 8.13. The molecule has 0 saturated carbocycles. The molecule has 0 bridgehead atoms. The Morgan fingerprint density at radius 2 is 1.39 bits per heavy atom. The molecular weight excluding hydrogens is 508 g/mol. The third-order valence-electron chi connectivity index (χ3n) is 5.23. The van der Waals surface area contributed by atoms with Crippen molar-refractivity contribution in [3.8, 4) is 0 Å². The van der Waals surface area contributed by atoms with Gasteiger partial charge >= 0.3 is 35.7 Å². The highest BCUT2D eigenvalue weighted by Gasteiger charge is 2.56. The van der Waals surface area contributed by atoms with Gasteiger partial charge in [-0.05, 0) is 12.1 Å². The Morgan fingerprint density at radius 1 is 0.816 bits per heavy atom. The van der Waals surface area contributed by atoms with E-state index in [4.69, 9.17) is 28.5 Å². The molecule has 0 N–H and O–H groups in total. The third-order valence-corrected chi connectivity index (χ3v) is 5.23. The Morgan fingerprint density at radius 3 is 1.89 bits per heavy atom. The van der Waals surface area contributed by atoms with E-state index in [1.165, 1.54) is 14.2 Å². The van der Waals surface area contributed by atoms with Gasteiger partial charge in [0.1, 0.15) is 12.7 Å². The van der Waals surface area contributed by atoms with Gasteiger partial charge in [-0.25, -0.2) is 0 Å². The number of carbonyl (C=O) groups excluding carboxylic acids is 6. The maximum atomic E-state index is 13.4. The van der Waals surface area contributed by atoms with Crippen LogP contribution in [0.1, 0.15) is 27.7 Å². The number of hydrogen-bond acceptors (Lipinski definition) is 12. The van der Waals surface area contributed by atoms with Crippen LogP contribution in [0.25, 0.3) is 0 Å². The van der Waals surface area contributed by atoms with Crippen molar-refractivity contribution in [1.82, 2.24) is 5.06 Å². The molecular formula is C24H30N2O12. The van der Waals surface area contributed by atoms with Crippen LogP contribution in [0.3, 0.4) is 0 Å². The predicted molar refractivity (Wildman–Crippen MR) is 126 cm³/mol. The Labute approximate surface area is 218 Å². The minimum atomic E-state index is -1.63. The lowest BCUT2D eigenvalue weighted by Gasteiger charge is -2.46. The lowest BCUT2D eigenvalue weighted by atomic mass is 9.95. The number of carbonyl (C=O) groups is 6.